The highest BCUT2D eigenvalue weighted by atomic mass is 19.1. The van der Waals surface area contributed by atoms with Crippen LogP contribution in [0.15, 0.2) is 36.4 Å². The Morgan fingerprint density at radius 2 is 1.75 bits per heavy atom. The number of nitrogens with zero attached hydrogens (tertiary/aromatic N) is 2. The van der Waals surface area contributed by atoms with Crippen LogP contribution in [0.2, 0.25) is 0 Å². The molecule has 0 bridgehead atoms. The molecule has 0 saturated carbocycles. The number of rotatable bonds is 5. The van der Waals surface area contributed by atoms with Gasteiger partial charge in [0.25, 0.3) is 11.8 Å². The van der Waals surface area contributed by atoms with E-state index in [9.17, 15) is 18.8 Å². The zero-order chi connectivity index (χ0) is 23.0. The first kappa shape index (κ1) is 22.0. The molecule has 0 radical (unpaired) electrons. The molecule has 0 aromatic heterocycles. The Kier molecular flexibility index (Phi) is 5.97. The number of ether oxygens (including phenoxy) is 1. The second-order valence-corrected chi connectivity index (χ2v) is 8.44. The summed E-state index contributed by atoms with van der Waals surface area (Å²) in [7, 11) is 0. The maximum atomic E-state index is 14.7. The summed E-state index contributed by atoms with van der Waals surface area (Å²) in [4.78, 5) is 40.4. The van der Waals surface area contributed by atoms with E-state index < -0.39 is 23.5 Å². The zero-order valence-corrected chi connectivity index (χ0v) is 18.4. The number of benzene rings is 2. The summed E-state index contributed by atoms with van der Waals surface area (Å²) in [5, 5.41) is 2.64. The van der Waals surface area contributed by atoms with Gasteiger partial charge in [-0.1, -0.05) is 11.6 Å². The van der Waals surface area contributed by atoms with E-state index >= 15 is 0 Å². The van der Waals surface area contributed by atoms with Crippen molar-refractivity contribution in [1.29, 1.82) is 0 Å². The number of carbonyl (C=O) groups is 3. The maximum absolute atomic E-state index is 14.7. The molecule has 0 aliphatic carbocycles. The van der Waals surface area contributed by atoms with Gasteiger partial charge in [0.1, 0.15) is 5.82 Å². The molecule has 32 heavy (non-hydrogen) atoms. The normalized spacial score (nSPS) is 20.5. The summed E-state index contributed by atoms with van der Waals surface area (Å²) in [5.41, 5.74) is 2.39. The molecule has 7 nitrogen and oxygen atoms in total. The Labute approximate surface area is 186 Å². The van der Waals surface area contributed by atoms with Crippen molar-refractivity contribution in [2.24, 2.45) is 0 Å². The first-order chi connectivity index (χ1) is 15.2. The molecule has 168 valence electrons. The van der Waals surface area contributed by atoms with Gasteiger partial charge in [-0.15, -0.1) is 0 Å². The van der Waals surface area contributed by atoms with E-state index in [0.717, 1.165) is 10.5 Å². The van der Waals surface area contributed by atoms with Gasteiger partial charge in [-0.25, -0.2) is 4.39 Å². The number of morpholine rings is 1. The molecular formula is C24H26FN3O4. The molecule has 2 aliphatic rings. The van der Waals surface area contributed by atoms with Gasteiger partial charge in [0, 0.05) is 31.7 Å². The lowest BCUT2D eigenvalue weighted by molar-refractivity contribution is -0.116. The Balaban J connectivity index is 1.36. The average molecular weight is 439 g/mol. The predicted molar refractivity (Wildman–Crippen MR) is 118 cm³/mol. The van der Waals surface area contributed by atoms with Gasteiger partial charge in [0.05, 0.1) is 29.0 Å². The molecule has 3 amide bonds. The van der Waals surface area contributed by atoms with Crippen LogP contribution in [-0.2, 0) is 9.53 Å². The molecule has 1 saturated heterocycles. The van der Waals surface area contributed by atoms with Crippen molar-refractivity contribution < 1.29 is 23.5 Å². The van der Waals surface area contributed by atoms with Gasteiger partial charge in [-0.3, -0.25) is 19.3 Å². The second-order valence-electron chi connectivity index (χ2n) is 8.44. The first-order valence-electron chi connectivity index (χ1n) is 10.7. The molecule has 2 atom stereocenters. The molecule has 8 heteroatoms. The third kappa shape index (κ3) is 4.36. The third-order valence-electron chi connectivity index (χ3n) is 5.68. The van der Waals surface area contributed by atoms with Gasteiger partial charge in [-0.2, -0.15) is 0 Å². The van der Waals surface area contributed by atoms with Crippen LogP contribution in [0.3, 0.4) is 0 Å². The molecule has 0 spiro atoms. The topological polar surface area (TPSA) is 79.0 Å². The van der Waals surface area contributed by atoms with E-state index in [4.69, 9.17) is 4.74 Å². The second kappa shape index (κ2) is 8.70. The van der Waals surface area contributed by atoms with Gasteiger partial charge in [0.2, 0.25) is 5.91 Å². The minimum absolute atomic E-state index is 0.00332. The number of hydrogen-bond donors (Lipinski definition) is 1. The SMILES string of the molecule is Cc1ccc2c(c1)C(=O)N(CCC(=O)Nc1ccc(N3CC(C)OC(C)C3)c(F)c1)C2=O. The quantitative estimate of drug-likeness (QED) is 0.723. The summed E-state index contributed by atoms with van der Waals surface area (Å²) in [5.74, 6) is -1.63. The third-order valence-corrected chi connectivity index (χ3v) is 5.68. The fraction of sp³-hybridized carbons (Fsp3) is 0.375. The van der Waals surface area contributed by atoms with Crippen molar-refractivity contribution in [3.05, 3.63) is 58.9 Å². The number of nitrogens with one attached hydrogen (secondary N) is 1. The van der Waals surface area contributed by atoms with Crippen LogP contribution in [0.25, 0.3) is 0 Å². The minimum Gasteiger partial charge on any atom is -0.372 e. The van der Waals surface area contributed by atoms with Crippen LogP contribution in [-0.4, -0.2) is 54.5 Å². The van der Waals surface area contributed by atoms with Gasteiger partial charge < -0.3 is 15.0 Å². The Bertz CT molecular complexity index is 1080. The lowest BCUT2D eigenvalue weighted by Gasteiger charge is -2.37. The van der Waals surface area contributed by atoms with E-state index in [2.05, 4.69) is 5.32 Å². The number of aryl methyl sites for hydroxylation is 1. The van der Waals surface area contributed by atoms with E-state index in [1.54, 1.807) is 30.3 Å². The number of halogens is 1. The zero-order valence-electron chi connectivity index (χ0n) is 18.4. The summed E-state index contributed by atoms with van der Waals surface area (Å²) < 4.78 is 20.4. The summed E-state index contributed by atoms with van der Waals surface area (Å²) in [6.45, 7) is 6.88. The van der Waals surface area contributed by atoms with E-state index in [1.165, 1.54) is 6.07 Å². The summed E-state index contributed by atoms with van der Waals surface area (Å²) >= 11 is 0. The average Bonchev–Trinajstić information content (AvgIpc) is 2.95. The number of fused-ring (bicyclic) bond motifs is 1. The molecule has 2 aromatic carbocycles. The standard InChI is InChI=1S/C24H26FN3O4/c1-14-4-6-18-19(10-14)24(31)28(23(18)30)9-8-22(29)26-17-5-7-21(20(25)11-17)27-12-15(2)32-16(3)13-27/h4-7,10-11,15-16H,8-9,12-13H2,1-3H3,(H,26,29). The monoisotopic (exact) mass is 439 g/mol. The molecular weight excluding hydrogens is 413 g/mol. The van der Waals surface area contributed by atoms with Crippen molar-refractivity contribution in [3.8, 4) is 0 Å². The fourth-order valence-corrected chi connectivity index (χ4v) is 4.26. The van der Waals surface area contributed by atoms with Crippen LogP contribution < -0.4 is 10.2 Å². The number of hydrogen-bond acceptors (Lipinski definition) is 5. The highest BCUT2D eigenvalue weighted by molar-refractivity contribution is 6.21. The van der Waals surface area contributed by atoms with Crippen molar-refractivity contribution in [3.63, 3.8) is 0 Å². The van der Waals surface area contributed by atoms with Crippen LogP contribution >= 0.6 is 0 Å². The lowest BCUT2D eigenvalue weighted by atomic mass is 10.1. The van der Waals surface area contributed by atoms with Gasteiger partial charge in [0.15, 0.2) is 0 Å². The van der Waals surface area contributed by atoms with Crippen LogP contribution in [0.1, 0.15) is 46.5 Å². The van der Waals surface area contributed by atoms with E-state index in [-0.39, 0.29) is 25.2 Å². The van der Waals surface area contributed by atoms with Gasteiger partial charge >= 0.3 is 0 Å². The largest absolute Gasteiger partial charge is 0.372 e. The molecule has 4 rings (SSSR count). The van der Waals surface area contributed by atoms with Gasteiger partial charge in [-0.05, 0) is 51.1 Å². The van der Waals surface area contributed by atoms with E-state index in [0.29, 0.717) is 35.6 Å². The summed E-state index contributed by atoms with van der Waals surface area (Å²) in [6.07, 6.45) is -0.0704. The molecule has 2 aromatic rings. The summed E-state index contributed by atoms with van der Waals surface area (Å²) in [6, 6.07) is 9.65. The first-order valence-corrected chi connectivity index (χ1v) is 10.7. The molecule has 2 aliphatic heterocycles. The predicted octanol–water partition coefficient (Wildman–Crippen LogP) is 3.37. The molecule has 2 unspecified atom stereocenters. The lowest BCUT2D eigenvalue weighted by Crippen LogP contribution is -2.45. The number of imide groups is 1. The van der Waals surface area contributed by atoms with Crippen molar-refractivity contribution in [2.45, 2.75) is 39.4 Å². The Morgan fingerprint density at radius 3 is 2.44 bits per heavy atom. The molecule has 1 fully saturated rings. The highest BCUT2D eigenvalue weighted by Gasteiger charge is 2.35. The molecule has 2 heterocycles. The maximum Gasteiger partial charge on any atom is 0.261 e. The Hall–Kier alpha value is -3.26. The number of amides is 3. The highest BCUT2D eigenvalue weighted by Crippen LogP contribution is 2.27. The van der Waals surface area contributed by atoms with Crippen molar-refractivity contribution in [2.75, 3.05) is 29.9 Å². The number of carbonyl (C=O) groups excluding carboxylic acids is 3. The van der Waals surface area contributed by atoms with Crippen LogP contribution in [0.4, 0.5) is 15.8 Å². The number of anilines is 2. The van der Waals surface area contributed by atoms with Crippen molar-refractivity contribution >= 4 is 29.1 Å². The van der Waals surface area contributed by atoms with Crippen LogP contribution in [0, 0.1) is 12.7 Å². The smallest absolute Gasteiger partial charge is 0.261 e. The minimum atomic E-state index is -0.431. The fourth-order valence-electron chi connectivity index (χ4n) is 4.26. The Morgan fingerprint density at radius 1 is 1.06 bits per heavy atom. The van der Waals surface area contributed by atoms with Crippen LogP contribution in [0.5, 0.6) is 0 Å². The van der Waals surface area contributed by atoms with E-state index in [1.807, 2.05) is 25.7 Å². The molecule has 1 N–H and O–H groups in total. The van der Waals surface area contributed by atoms with Crippen molar-refractivity contribution in [1.82, 2.24) is 4.90 Å².